The summed E-state index contributed by atoms with van der Waals surface area (Å²) in [6, 6.07) is 12.9. The van der Waals surface area contributed by atoms with Gasteiger partial charge in [0.05, 0.1) is 26.7 Å². The van der Waals surface area contributed by atoms with Crippen LogP contribution in [0, 0.1) is 0 Å². The number of rotatable bonds is 6. The number of hydrogen-bond acceptors (Lipinski definition) is 4. The van der Waals surface area contributed by atoms with Gasteiger partial charge in [-0.3, -0.25) is 9.59 Å². The Morgan fingerprint density at radius 1 is 1.03 bits per heavy atom. The maximum atomic E-state index is 13.1. The zero-order valence-corrected chi connectivity index (χ0v) is 16.9. The molecule has 0 bridgehead atoms. The van der Waals surface area contributed by atoms with E-state index in [1.807, 2.05) is 47.4 Å². The van der Waals surface area contributed by atoms with Crippen LogP contribution in [0.25, 0.3) is 0 Å². The highest BCUT2D eigenvalue weighted by molar-refractivity contribution is 5.98. The summed E-state index contributed by atoms with van der Waals surface area (Å²) >= 11 is 0. The summed E-state index contributed by atoms with van der Waals surface area (Å²) in [5.74, 6) is 1.27. The lowest BCUT2D eigenvalue weighted by atomic mass is 10.0. The lowest BCUT2D eigenvalue weighted by Crippen LogP contribution is -2.35. The Hall–Kier alpha value is -3.02. The summed E-state index contributed by atoms with van der Waals surface area (Å²) in [5.41, 5.74) is 2.58. The van der Waals surface area contributed by atoms with Crippen molar-refractivity contribution in [3.8, 4) is 11.5 Å². The summed E-state index contributed by atoms with van der Waals surface area (Å²) in [6.45, 7) is 2.10. The number of benzene rings is 2. The molecule has 2 aliphatic rings. The van der Waals surface area contributed by atoms with E-state index in [0.29, 0.717) is 23.6 Å². The van der Waals surface area contributed by atoms with Gasteiger partial charge in [0.25, 0.3) is 5.91 Å². The van der Waals surface area contributed by atoms with Gasteiger partial charge in [-0.1, -0.05) is 24.3 Å². The summed E-state index contributed by atoms with van der Waals surface area (Å²) < 4.78 is 10.8. The third kappa shape index (κ3) is 3.67. The molecule has 2 aliphatic heterocycles. The Labute approximate surface area is 171 Å². The van der Waals surface area contributed by atoms with Crippen LogP contribution >= 0.6 is 0 Å². The van der Waals surface area contributed by atoms with Crippen molar-refractivity contribution < 1.29 is 19.1 Å². The monoisotopic (exact) mass is 394 g/mol. The fourth-order valence-corrected chi connectivity index (χ4v) is 4.26. The fraction of sp³-hybridized carbons (Fsp3) is 0.391. The topological polar surface area (TPSA) is 59.1 Å². The molecule has 2 aromatic carbocycles. The van der Waals surface area contributed by atoms with Gasteiger partial charge < -0.3 is 19.3 Å². The summed E-state index contributed by atoms with van der Waals surface area (Å²) in [7, 11) is 3.18. The maximum absolute atomic E-state index is 13.1. The highest BCUT2D eigenvalue weighted by atomic mass is 16.5. The average molecular weight is 394 g/mol. The third-order valence-corrected chi connectivity index (χ3v) is 5.84. The lowest BCUT2D eigenvalue weighted by molar-refractivity contribution is -0.131. The van der Waals surface area contributed by atoms with E-state index < -0.39 is 0 Å². The number of ether oxygens (including phenoxy) is 2. The number of methoxy groups -OCH3 is 2. The minimum atomic E-state index is -0.359. The molecular formula is C23H26N2O4. The van der Waals surface area contributed by atoms with Crippen LogP contribution in [0.5, 0.6) is 11.5 Å². The van der Waals surface area contributed by atoms with Crippen molar-refractivity contribution in [3.05, 3.63) is 59.2 Å². The molecule has 2 amide bonds. The van der Waals surface area contributed by atoms with Gasteiger partial charge in [0.15, 0.2) is 11.5 Å². The first-order valence-corrected chi connectivity index (χ1v) is 10.0. The van der Waals surface area contributed by atoms with E-state index >= 15 is 0 Å². The standard InChI is InChI=1S/C23H26N2O4/c1-28-20-10-9-16(13-21(20)29-2)19(14-22(26)24-11-5-6-12-24)25-15-17-7-3-4-8-18(17)23(25)27/h3-4,7-10,13,19H,5-6,11-12,14-15H2,1-2H3/t19-/m1/s1. The van der Waals surface area contributed by atoms with Crippen LogP contribution in [0.2, 0.25) is 0 Å². The van der Waals surface area contributed by atoms with Gasteiger partial charge in [0, 0.05) is 25.2 Å². The van der Waals surface area contributed by atoms with Gasteiger partial charge in [-0.05, 0) is 42.2 Å². The average Bonchev–Trinajstić information content (AvgIpc) is 3.40. The SMILES string of the molecule is COc1ccc([C@@H](CC(=O)N2CCCC2)N2Cc3ccccc3C2=O)cc1OC. The van der Waals surface area contributed by atoms with Crippen molar-refractivity contribution >= 4 is 11.8 Å². The quantitative estimate of drug-likeness (QED) is 0.753. The molecule has 0 radical (unpaired) electrons. The van der Waals surface area contributed by atoms with Crippen molar-refractivity contribution in [1.82, 2.24) is 9.80 Å². The predicted molar refractivity (Wildman–Crippen MR) is 109 cm³/mol. The van der Waals surface area contributed by atoms with Crippen LogP contribution in [-0.4, -0.2) is 48.9 Å². The number of carbonyl (C=O) groups is 2. The van der Waals surface area contributed by atoms with E-state index in [-0.39, 0.29) is 24.3 Å². The Kier molecular flexibility index (Phi) is 5.43. The smallest absolute Gasteiger partial charge is 0.255 e. The molecule has 0 aliphatic carbocycles. The van der Waals surface area contributed by atoms with Gasteiger partial charge in [-0.25, -0.2) is 0 Å². The predicted octanol–water partition coefficient (Wildman–Crippen LogP) is 3.41. The van der Waals surface area contributed by atoms with Crippen molar-refractivity contribution in [1.29, 1.82) is 0 Å². The van der Waals surface area contributed by atoms with Crippen molar-refractivity contribution in [2.45, 2.75) is 31.8 Å². The van der Waals surface area contributed by atoms with Crippen molar-refractivity contribution in [2.24, 2.45) is 0 Å². The number of fused-ring (bicyclic) bond motifs is 1. The second-order valence-electron chi connectivity index (χ2n) is 7.51. The summed E-state index contributed by atoms with van der Waals surface area (Å²) in [6.07, 6.45) is 2.34. The Morgan fingerprint density at radius 2 is 1.76 bits per heavy atom. The van der Waals surface area contributed by atoms with E-state index in [4.69, 9.17) is 9.47 Å². The van der Waals surface area contributed by atoms with Crippen molar-refractivity contribution in [2.75, 3.05) is 27.3 Å². The van der Waals surface area contributed by atoms with Gasteiger partial charge in [0.1, 0.15) is 0 Å². The van der Waals surface area contributed by atoms with Gasteiger partial charge in [-0.15, -0.1) is 0 Å². The van der Waals surface area contributed by atoms with E-state index in [1.54, 1.807) is 19.1 Å². The molecule has 0 N–H and O–H groups in total. The van der Waals surface area contributed by atoms with Crippen LogP contribution in [0.15, 0.2) is 42.5 Å². The second-order valence-corrected chi connectivity index (χ2v) is 7.51. The second kappa shape index (κ2) is 8.15. The van der Waals surface area contributed by atoms with Crippen LogP contribution in [0.3, 0.4) is 0 Å². The van der Waals surface area contributed by atoms with E-state index in [2.05, 4.69) is 0 Å². The molecule has 0 aromatic heterocycles. The molecule has 1 fully saturated rings. The first-order valence-electron chi connectivity index (χ1n) is 10.0. The van der Waals surface area contributed by atoms with Gasteiger partial charge in [-0.2, -0.15) is 0 Å². The minimum Gasteiger partial charge on any atom is -0.493 e. The molecule has 1 atom stereocenters. The van der Waals surface area contributed by atoms with Crippen LogP contribution in [0.1, 0.15) is 46.8 Å². The number of hydrogen-bond donors (Lipinski definition) is 0. The molecule has 0 spiro atoms. The Balaban J connectivity index is 1.68. The third-order valence-electron chi connectivity index (χ3n) is 5.84. The first-order chi connectivity index (χ1) is 14.1. The molecule has 0 saturated carbocycles. The van der Waals surface area contributed by atoms with Gasteiger partial charge >= 0.3 is 0 Å². The summed E-state index contributed by atoms with van der Waals surface area (Å²) in [5, 5.41) is 0. The molecule has 6 nitrogen and oxygen atoms in total. The van der Waals surface area contributed by atoms with Gasteiger partial charge in [0.2, 0.25) is 5.91 Å². The molecular weight excluding hydrogens is 368 g/mol. The number of likely N-dealkylation sites (tertiary alicyclic amines) is 1. The maximum Gasteiger partial charge on any atom is 0.255 e. The van der Waals surface area contributed by atoms with Crippen LogP contribution in [0.4, 0.5) is 0 Å². The number of carbonyl (C=O) groups excluding carboxylic acids is 2. The van der Waals surface area contributed by atoms with E-state index in [9.17, 15) is 9.59 Å². The molecule has 1 saturated heterocycles. The molecule has 2 heterocycles. The molecule has 4 rings (SSSR count). The van der Waals surface area contributed by atoms with Crippen molar-refractivity contribution in [3.63, 3.8) is 0 Å². The van der Waals surface area contributed by atoms with Crippen LogP contribution < -0.4 is 9.47 Å². The Morgan fingerprint density at radius 3 is 2.45 bits per heavy atom. The first kappa shape index (κ1) is 19.3. The molecule has 152 valence electrons. The Bertz CT molecular complexity index is 921. The summed E-state index contributed by atoms with van der Waals surface area (Å²) in [4.78, 5) is 29.8. The molecule has 29 heavy (non-hydrogen) atoms. The van der Waals surface area contributed by atoms with Crippen LogP contribution in [-0.2, 0) is 11.3 Å². The highest BCUT2D eigenvalue weighted by Crippen LogP contribution is 2.37. The lowest BCUT2D eigenvalue weighted by Gasteiger charge is -2.30. The largest absolute Gasteiger partial charge is 0.493 e. The van der Waals surface area contributed by atoms with E-state index in [0.717, 1.165) is 37.1 Å². The molecule has 2 aromatic rings. The minimum absolute atomic E-state index is 0.0328. The number of amides is 2. The molecule has 0 unspecified atom stereocenters. The molecule has 6 heteroatoms. The zero-order valence-electron chi connectivity index (χ0n) is 16.9. The highest BCUT2D eigenvalue weighted by Gasteiger charge is 2.35. The fourth-order valence-electron chi connectivity index (χ4n) is 4.26. The zero-order chi connectivity index (χ0) is 20.4. The number of nitrogens with zero attached hydrogens (tertiary/aromatic N) is 2. The van der Waals surface area contributed by atoms with E-state index in [1.165, 1.54) is 0 Å². The normalized spacial score (nSPS) is 16.7.